The van der Waals surface area contributed by atoms with E-state index >= 15 is 0 Å². The van der Waals surface area contributed by atoms with Crippen LogP contribution in [-0.4, -0.2) is 44.0 Å². The van der Waals surface area contributed by atoms with Crippen molar-refractivity contribution < 1.29 is 8.42 Å². The van der Waals surface area contributed by atoms with E-state index in [2.05, 4.69) is 15.6 Å². The van der Waals surface area contributed by atoms with Gasteiger partial charge in [-0.3, -0.25) is 4.99 Å². The molecule has 0 aromatic heterocycles. The minimum absolute atomic E-state index is 0.0950. The van der Waals surface area contributed by atoms with Crippen molar-refractivity contribution in [2.24, 2.45) is 4.99 Å². The Hall–Kier alpha value is -0.780. The van der Waals surface area contributed by atoms with Crippen LogP contribution in [0, 0.1) is 0 Å². The lowest BCUT2D eigenvalue weighted by Crippen LogP contribution is -2.42. The number of nitrogens with one attached hydrogen (secondary N) is 2. The van der Waals surface area contributed by atoms with Gasteiger partial charge in [0.15, 0.2) is 15.8 Å². The maximum atomic E-state index is 12.0. The SMILES string of the molecule is CCNC(=NCCS(=O)(=O)C(C)(C)C)NC1CCCC1. The van der Waals surface area contributed by atoms with E-state index in [-0.39, 0.29) is 5.75 Å². The van der Waals surface area contributed by atoms with Gasteiger partial charge in [0.1, 0.15) is 0 Å². The van der Waals surface area contributed by atoms with Crippen molar-refractivity contribution in [1.82, 2.24) is 10.6 Å². The molecule has 0 saturated heterocycles. The third-order valence-corrected chi connectivity index (χ3v) is 6.19. The lowest BCUT2D eigenvalue weighted by atomic mass is 10.2. The van der Waals surface area contributed by atoms with Crippen LogP contribution in [0.3, 0.4) is 0 Å². The van der Waals surface area contributed by atoms with Gasteiger partial charge >= 0.3 is 0 Å². The first kappa shape index (κ1) is 17.3. The molecule has 0 radical (unpaired) electrons. The molecule has 0 unspecified atom stereocenters. The summed E-state index contributed by atoms with van der Waals surface area (Å²) in [6.45, 7) is 8.29. The Morgan fingerprint density at radius 1 is 1.25 bits per heavy atom. The number of hydrogen-bond donors (Lipinski definition) is 2. The highest BCUT2D eigenvalue weighted by Gasteiger charge is 2.28. The van der Waals surface area contributed by atoms with Crippen LogP contribution in [0.15, 0.2) is 4.99 Å². The Morgan fingerprint density at radius 2 is 1.85 bits per heavy atom. The molecule has 0 aromatic rings. The zero-order valence-electron chi connectivity index (χ0n) is 13.2. The quantitative estimate of drug-likeness (QED) is 0.599. The number of guanidine groups is 1. The van der Waals surface area contributed by atoms with Gasteiger partial charge in [0, 0.05) is 12.6 Å². The Morgan fingerprint density at radius 3 is 2.35 bits per heavy atom. The predicted molar refractivity (Wildman–Crippen MR) is 84.9 cm³/mol. The average Bonchev–Trinajstić information content (AvgIpc) is 2.80. The summed E-state index contributed by atoms with van der Waals surface area (Å²) in [4.78, 5) is 4.39. The zero-order chi connectivity index (χ0) is 15.2. The molecule has 6 heteroatoms. The number of hydrogen-bond acceptors (Lipinski definition) is 3. The minimum Gasteiger partial charge on any atom is -0.357 e. The van der Waals surface area contributed by atoms with Crippen molar-refractivity contribution in [2.75, 3.05) is 18.8 Å². The van der Waals surface area contributed by atoms with E-state index in [1.807, 2.05) is 6.92 Å². The van der Waals surface area contributed by atoms with Gasteiger partial charge in [-0.2, -0.15) is 0 Å². The van der Waals surface area contributed by atoms with E-state index in [0.29, 0.717) is 12.6 Å². The van der Waals surface area contributed by atoms with Gasteiger partial charge in [0.25, 0.3) is 0 Å². The summed E-state index contributed by atoms with van der Waals surface area (Å²) in [7, 11) is -3.10. The van der Waals surface area contributed by atoms with Crippen LogP contribution >= 0.6 is 0 Å². The summed E-state index contributed by atoms with van der Waals surface area (Å²) in [5.41, 5.74) is 0. The molecule has 0 amide bonds. The second-order valence-electron chi connectivity index (χ2n) is 6.32. The van der Waals surface area contributed by atoms with Crippen LogP contribution in [0.2, 0.25) is 0 Å². The summed E-state index contributed by atoms with van der Waals surface area (Å²) >= 11 is 0. The van der Waals surface area contributed by atoms with E-state index in [1.54, 1.807) is 20.8 Å². The molecule has 1 saturated carbocycles. The molecule has 0 aliphatic heterocycles. The van der Waals surface area contributed by atoms with Crippen molar-refractivity contribution in [1.29, 1.82) is 0 Å². The second-order valence-corrected chi connectivity index (χ2v) is 9.18. The number of sulfone groups is 1. The van der Waals surface area contributed by atoms with Crippen LogP contribution in [0.5, 0.6) is 0 Å². The predicted octanol–water partition coefficient (Wildman–Crippen LogP) is 1.70. The molecule has 0 aromatic carbocycles. The highest BCUT2D eigenvalue weighted by Crippen LogP contribution is 2.17. The number of rotatable bonds is 5. The third-order valence-electron chi connectivity index (χ3n) is 3.60. The maximum Gasteiger partial charge on any atom is 0.191 e. The largest absolute Gasteiger partial charge is 0.357 e. The molecular formula is C14H29N3O2S. The van der Waals surface area contributed by atoms with Gasteiger partial charge in [-0.1, -0.05) is 12.8 Å². The number of nitrogens with zero attached hydrogens (tertiary/aromatic N) is 1. The first-order chi connectivity index (χ1) is 9.26. The Labute approximate surface area is 123 Å². The van der Waals surface area contributed by atoms with Crippen LogP contribution in [-0.2, 0) is 9.84 Å². The molecule has 0 bridgehead atoms. The molecule has 1 aliphatic carbocycles. The smallest absolute Gasteiger partial charge is 0.191 e. The molecule has 5 nitrogen and oxygen atoms in total. The molecule has 1 rings (SSSR count). The molecule has 20 heavy (non-hydrogen) atoms. The summed E-state index contributed by atoms with van der Waals surface area (Å²) in [5.74, 6) is 0.834. The molecule has 0 heterocycles. The fourth-order valence-corrected chi connectivity index (χ4v) is 3.11. The van der Waals surface area contributed by atoms with E-state index in [1.165, 1.54) is 25.7 Å². The molecule has 1 fully saturated rings. The monoisotopic (exact) mass is 303 g/mol. The zero-order valence-corrected chi connectivity index (χ0v) is 14.0. The Bertz CT molecular complexity index is 418. The summed E-state index contributed by atoms with van der Waals surface area (Å²) < 4.78 is 23.3. The highest BCUT2D eigenvalue weighted by molar-refractivity contribution is 7.92. The van der Waals surface area contributed by atoms with Crippen LogP contribution < -0.4 is 10.6 Å². The molecule has 1 aliphatic rings. The van der Waals surface area contributed by atoms with Gasteiger partial charge in [0.05, 0.1) is 17.0 Å². The summed E-state index contributed by atoms with van der Waals surface area (Å²) in [6, 6.07) is 0.479. The first-order valence-corrected chi connectivity index (χ1v) is 9.18. The molecule has 2 N–H and O–H groups in total. The first-order valence-electron chi connectivity index (χ1n) is 7.53. The van der Waals surface area contributed by atoms with E-state index in [4.69, 9.17) is 0 Å². The Balaban J connectivity index is 2.54. The fourth-order valence-electron chi connectivity index (χ4n) is 2.17. The van der Waals surface area contributed by atoms with Gasteiger partial charge in [0.2, 0.25) is 0 Å². The molecule has 0 atom stereocenters. The molecular weight excluding hydrogens is 274 g/mol. The van der Waals surface area contributed by atoms with Crippen molar-refractivity contribution in [3.05, 3.63) is 0 Å². The Kier molecular flexibility index (Phi) is 6.30. The van der Waals surface area contributed by atoms with Crippen LogP contribution in [0.1, 0.15) is 53.4 Å². The topological polar surface area (TPSA) is 70.6 Å². The standard InChI is InChI=1S/C14H29N3O2S/c1-5-15-13(17-12-8-6-7-9-12)16-10-11-20(18,19)14(2,3)4/h12H,5-11H2,1-4H3,(H2,15,16,17). The van der Waals surface area contributed by atoms with E-state index < -0.39 is 14.6 Å². The van der Waals surface area contributed by atoms with Crippen molar-refractivity contribution >= 4 is 15.8 Å². The van der Waals surface area contributed by atoms with Gasteiger partial charge < -0.3 is 10.6 Å². The lowest BCUT2D eigenvalue weighted by molar-refractivity contribution is 0.560. The van der Waals surface area contributed by atoms with Gasteiger partial charge in [-0.05, 0) is 40.5 Å². The van der Waals surface area contributed by atoms with E-state index in [9.17, 15) is 8.42 Å². The molecule has 0 spiro atoms. The summed E-state index contributed by atoms with van der Waals surface area (Å²) in [5, 5.41) is 6.56. The van der Waals surface area contributed by atoms with Crippen LogP contribution in [0.4, 0.5) is 0 Å². The summed E-state index contributed by atoms with van der Waals surface area (Å²) in [6.07, 6.45) is 4.86. The van der Waals surface area contributed by atoms with Gasteiger partial charge in [-0.15, -0.1) is 0 Å². The second kappa shape index (κ2) is 7.29. The van der Waals surface area contributed by atoms with Crippen LogP contribution in [0.25, 0.3) is 0 Å². The normalized spacial score (nSPS) is 18.3. The minimum atomic E-state index is -3.10. The van der Waals surface area contributed by atoms with Crippen molar-refractivity contribution in [3.8, 4) is 0 Å². The van der Waals surface area contributed by atoms with Crippen molar-refractivity contribution in [2.45, 2.75) is 64.2 Å². The fraction of sp³-hybridized carbons (Fsp3) is 0.929. The molecule has 118 valence electrons. The average molecular weight is 303 g/mol. The third kappa shape index (κ3) is 5.31. The lowest BCUT2D eigenvalue weighted by Gasteiger charge is -2.19. The number of aliphatic imine (C=N–C) groups is 1. The van der Waals surface area contributed by atoms with Crippen molar-refractivity contribution in [3.63, 3.8) is 0 Å². The highest BCUT2D eigenvalue weighted by atomic mass is 32.2. The maximum absolute atomic E-state index is 12.0. The van der Waals surface area contributed by atoms with E-state index in [0.717, 1.165) is 12.5 Å². The van der Waals surface area contributed by atoms with Gasteiger partial charge in [-0.25, -0.2) is 8.42 Å².